The summed E-state index contributed by atoms with van der Waals surface area (Å²) in [4.78, 5) is 0. The number of benzene rings is 1. The topological polar surface area (TPSA) is 50.1 Å². The van der Waals surface area contributed by atoms with E-state index in [1.807, 2.05) is 19.1 Å². The van der Waals surface area contributed by atoms with E-state index >= 15 is 0 Å². The highest BCUT2D eigenvalue weighted by molar-refractivity contribution is 5.25. The summed E-state index contributed by atoms with van der Waals surface area (Å²) in [5.41, 5.74) is 4.47. The van der Waals surface area contributed by atoms with E-state index in [4.69, 9.17) is 0 Å². The molecule has 4 heteroatoms. The van der Waals surface area contributed by atoms with Crippen LogP contribution < -0.4 is 5.32 Å². The fourth-order valence-electron chi connectivity index (χ4n) is 2.53. The van der Waals surface area contributed by atoms with Crippen molar-refractivity contribution in [2.45, 2.75) is 46.4 Å². The molecule has 0 fully saturated rings. The van der Waals surface area contributed by atoms with Crippen LogP contribution in [0.2, 0.25) is 0 Å². The van der Waals surface area contributed by atoms with Gasteiger partial charge in [-0.15, -0.1) is 0 Å². The lowest BCUT2D eigenvalue weighted by molar-refractivity contribution is 0.281. The first kappa shape index (κ1) is 15.7. The summed E-state index contributed by atoms with van der Waals surface area (Å²) in [6, 6.07) is 10.5. The molecule has 1 heterocycles. The van der Waals surface area contributed by atoms with Gasteiger partial charge in [0.15, 0.2) is 0 Å². The quantitative estimate of drug-likeness (QED) is 0.770. The van der Waals surface area contributed by atoms with Crippen LogP contribution in [0.15, 0.2) is 30.3 Å². The number of nitrogens with zero attached hydrogens (tertiary/aromatic N) is 2. The number of nitrogens with one attached hydrogen (secondary N) is 1. The van der Waals surface area contributed by atoms with Crippen molar-refractivity contribution in [3.05, 3.63) is 52.8 Å². The van der Waals surface area contributed by atoms with Gasteiger partial charge in [0, 0.05) is 18.3 Å². The largest absolute Gasteiger partial charge is 0.392 e. The number of hydrogen-bond donors (Lipinski definition) is 2. The van der Waals surface area contributed by atoms with Crippen molar-refractivity contribution >= 4 is 0 Å². The maximum Gasteiger partial charge on any atom is 0.0681 e. The van der Waals surface area contributed by atoms with Crippen LogP contribution in [0.1, 0.15) is 41.9 Å². The molecule has 0 radical (unpaired) electrons. The lowest BCUT2D eigenvalue weighted by Gasteiger charge is -2.15. The Morgan fingerprint density at radius 2 is 2.10 bits per heavy atom. The molecular weight excluding hydrogens is 262 g/mol. The molecule has 2 rings (SSSR count). The molecule has 1 aromatic carbocycles. The zero-order valence-corrected chi connectivity index (χ0v) is 13.1. The van der Waals surface area contributed by atoms with E-state index in [0.29, 0.717) is 0 Å². The molecule has 0 aliphatic heterocycles. The van der Waals surface area contributed by atoms with E-state index in [1.165, 1.54) is 11.3 Å². The molecule has 1 aromatic heterocycles. The molecule has 0 saturated carbocycles. The van der Waals surface area contributed by atoms with Gasteiger partial charge in [0.25, 0.3) is 0 Å². The number of aryl methyl sites for hydroxylation is 3. The smallest absolute Gasteiger partial charge is 0.0681 e. The predicted octanol–water partition coefficient (Wildman–Crippen LogP) is 2.73. The minimum atomic E-state index is 0.0957. The Bertz CT molecular complexity index is 577. The van der Waals surface area contributed by atoms with Gasteiger partial charge >= 0.3 is 0 Å². The van der Waals surface area contributed by atoms with E-state index in [-0.39, 0.29) is 12.6 Å². The first-order valence-electron chi connectivity index (χ1n) is 7.54. The van der Waals surface area contributed by atoms with E-state index in [1.54, 1.807) is 0 Å². The minimum absolute atomic E-state index is 0.0957. The highest BCUT2D eigenvalue weighted by atomic mass is 16.3. The minimum Gasteiger partial charge on any atom is -0.392 e. The zero-order valence-electron chi connectivity index (χ0n) is 13.1. The Labute approximate surface area is 126 Å². The fraction of sp³-hybridized carbons (Fsp3) is 0.471. The number of aromatic nitrogens is 2. The molecule has 2 N–H and O–H groups in total. The Morgan fingerprint density at radius 3 is 2.76 bits per heavy atom. The van der Waals surface area contributed by atoms with Crippen LogP contribution in [0.3, 0.4) is 0 Å². The van der Waals surface area contributed by atoms with Gasteiger partial charge in [-0.3, -0.25) is 4.68 Å². The standard InChI is InChI=1S/C17H25N3O/c1-13-10-14(2)20(19-13)9-5-8-18-15(3)17-7-4-6-16(11-17)12-21/h4,6-7,10-11,15,18,21H,5,8-9,12H2,1-3H3. The average molecular weight is 287 g/mol. The van der Waals surface area contributed by atoms with E-state index in [0.717, 1.165) is 30.8 Å². The van der Waals surface area contributed by atoms with Gasteiger partial charge in [0.2, 0.25) is 0 Å². The van der Waals surface area contributed by atoms with E-state index < -0.39 is 0 Å². The summed E-state index contributed by atoms with van der Waals surface area (Å²) < 4.78 is 2.06. The van der Waals surface area contributed by atoms with Gasteiger partial charge < -0.3 is 10.4 Å². The lowest BCUT2D eigenvalue weighted by atomic mass is 10.1. The second kappa shape index (κ2) is 7.38. The van der Waals surface area contributed by atoms with Gasteiger partial charge in [0.1, 0.15) is 0 Å². The fourth-order valence-corrected chi connectivity index (χ4v) is 2.53. The third kappa shape index (κ3) is 4.41. The van der Waals surface area contributed by atoms with Crippen molar-refractivity contribution in [3.63, 3.8) is 0 Å². The van der Waals surface area contributed by atoms with Crippen molar-refractivity contribution < 1.29 is 5.11 Å². The molecule has 2 aromatic rings. The Balaban J connectivity index is 1.78. The molecule has 0 saturated heterocycles. The maximum absolute atomic E-state index is 9.18. The monoisotopic (exact) mass is 287 g/mol. The lowest BCUT2D eigenvalue weighted by Crippen LogP contribution is -2.21. The molecule has 0 spiro atoms. The Morgan fingerprint density at radius 1 is 1.29 bits per heavy atom. The van der Waals surface area contributed by atoms with Crippen LogP contribution >= 0.6 is 0 Å². The molecule has 0 aliphatic rings. The molecule has 4 nitrogen and oxygen atoms in total. The molecule has 0 amide bonds. The Kier molecular flexibility index (Phi) is 5.53. The van der Waals surface area contributed by atoms with Crippen molar-refractivity contribution in [2.24, 2.45) is 0 Å². The van der Waals surface area contributed by atoms with Crippen molar-refractivity contribution in [3.8, 4) is 0 Å². The number of rotatable bonds is 7. The summed E-state index contributed by atoms with van der Waals surface area (Å²) in [6.45, 7) is 8.26. The number of hydrogen-bond acceptors (Lipinski definition) is 3. The third-order valence-corrected chi connectivity index (χ3v) is 3.73. The predicted molar refractivity (Wildman–Crippen MR) is 85.1 cm³/mol. The number of aliphatic hydroxyl groups is 1. The molecule has 114 valence electrons. The van der Waals surface area contributed by atoms with E-state index in [9.17, 15) is 5.11 Å². The van der Waals surface area contributed by atoms with Crippen molar-refractivity contribution in [1.82, 2.24) is 15.1 Å². The van der Waals surface area contributed by atoms with Crippen LogP contribution in [0.4, 0.5) is 0 Å². The Hall–Kier alpha value is -1.65. The van der Waals surface area contributed by atoms with Gasteiger partial charge in [0.05, 0.1) is 12.3 Å². The van der Waals surface area contributed by atoms with Crippen molar-refractivity contribution in [1.29, 1.82) is 0 Å². The second-order valence-corrected chi connectivity index (χ2v) is 5.58. The number of aliphatic hydroxyl groups excluding tert-OH is 1. The van der Waals surface area contributed by atoms with Crippen LogP contribution in [-0.2, 0) is 13.2 Å². The molecule has 21 heavy (non-hydrogen) atoms. The van der Waals surface area contributed by atoms with Crippen LogP contribution in [0.25, 0.3) is 0 Å². The normalized spacial score (nSPS) is 12.6. The summed E-state index contributed by atoms with van der Waals surface area (Å²) in [7, 11) is 0. The average Bonchev–Trinajstić information content (AvgIpc) is 2.81. The van der Waals surface area contributed by atoms with Crippen LogP contribution in [0, 0.1) is 13.8 Å². The van der Waals surface area contributed by atoms with Crippen LogP contribution in [-0.4, -0.2) is 21.4 Å². The van der Waals surface area contributed by atoms with Crippen LogP contribution in [0.5, 0.6) is 0 Å². The molecular formula is C17H25N3O. The van der Waals surface area contributed by atoms with Gasteiger partial charge in [-0.05, 0) is 50.9 Å². The maximum atomic E-state index is 9.18. The van der Waals surface area contributed by atoms with Gasteiger partial charge in [-0.2, -0.15) is 5.10 Å². The molecule has 1 unspecified atom stereocenters. The highest BCUT2D eigenvalue weighted by Gasteiger charge is 2.05. The molecule has 0 bridgehead atoms. The SMILES string of the molecule is Cc1cc(C)n(CCCNC(C)c2cccc(CO)c2)n1. The molecule has 1 atom stereocenters. The van der Waals surface area contributed by atoms with Crippen molar-refractivity contribution in [2.75, 3.05) is 6.54 Å². The van der Waals surface area contributed by atoms with Gasteiger partial charge in [-0.1, -0.05) is 24.3 Å². The summed E-state index contributed by atoms with van der Waals surface area (Å²) in [6.07, 6.45) is 1.05. The second-order valence-electron chi connectivity index (χ2n) is 5.58. The summed E-state index contributed by atoms with van der Waals surface area (Å²) >= 11 is 0. The summed E-state index contributed by atoms with van der Waals surface area (Å²) in [5.74, 6) is 0. The first-order valence-corrected chi connectivity index (χ1v) is 7.54. The van der Waals surface area contributed by atoms with E-state index in [2.05, 4.69) is 47.1 Å². The zero-order chi connectivity index (χ0) is 15.2. The highest BCUT2D eigenvalue weighted by Crippen LogP contribution is 2.14. The molecule has 0 aliphatic carbocycles. The first-order chi connectivity index (χ1) is 10.1. The summed E-state index contributed by atoms with van der Waals surface area (Å²) in [5, 5.41) is 17.2. The third-order valence-electron chi connectivity index (χ3n) is 3.73. The van der Waals surface area contributed by atoms with Gasteiger partial charge in [-0.25, -0.2) is 0 Å².